The Kier molecular flexibility index (Phi) is 10.6. The Balaban J connectivity index is 2.29. The zero-order valence-electron chi connectivity index (χ0n) is 14.1. The zero-order valence-corrected chi connectivity index (χ0v) is 14.1. The van der Waals surface area contributed by atoms with Crippen molar-refractivity contribution in [3.05, 3.63) is 0 Å². The highest BCUT2D eigenvalue weighted by molar-refractivity contribution is 5.76. The predicted octanol–water partition coefficient (Wildman–Crippen LogP) is 4.25. The Labute approximate surface area is 131 Å². The van der Waals surface area contributed by atoms with E-state index in [0.717, 1.165) is 25.8 Å². The maximum atomic E-state index is 12.5. The summed E-state index contributed by atoms with van der Waals surface area (Å²) in [7, 11) is 0. The molecular formula is C18H36N2O. The highest BCUT2D eigenvalue weighted by Crippen LogP contribution is 2.23. The van der Waals surface area contributed by atoms with Crippen molar-refractivity contribution in [2.45, 2.75) is 96.4 Å². The van der Waals surface area contributed by atoms with Crippen LogP contribution in [0.5, 0.6) is 0 Å². The monoisotopic (exact) mass is 296 g/mol. The molecule has 0 atom stereocenters. The van der Waals surface area contributed by atoms with Crippen LogP contribution in [-0.4, -0.2) is 29.9 Å². The van der Waals surface area contributed by atoms with Gasteiger partial charge >= 0.3 is 0 Å². The quantitative estimate of drug-likeness (QED) is 0.579. The lowest BCUT2D eigenvalue weighted by Crippen LogP contribution is -2.42. The van der Waals surface area contributed by atoms with Crippen LogP contribution in [0.1, 0.15) is 90.4 Å². The molecule has 0 saturated heterocycles. The molecule has 0 spiro atoms. The van der Waals surface area contributed by atoms with E-state index in [-0.39, 0.29) is 0 Å². The molecule has 0 aromatic rings. The number of carbonyl (C=O) groups excluding carboxylic acids is 1. The second-order valence-corrected chi connectivity index (χ2v) is 6.54. The van der Waals surface area contributed by atoms with E-state index in [1.165, 1.54) is 64.2 Å². The maximum Gasteiger partial charge on any atom is 0.222 e. The van der Waals surface area contributed by atoms with E-state index in [1.54, 1.807) is 0 Å². The van der Waals surface area contributed by atoms with Gasteiger partial charge in [0, 0.05) is 19.0 Å². The molecule has 0 bridgehead atoms. The van der Waals surface area contributed by atoms with Crippen LogP contribution in [-0.2, 0) is 4.79 Å². The number of nitrogens with two attached hydrogens (primary N) is 1. The largest absolute Gasteiger partial charge is 0.340 e. The molecule has 1 aliphatic carbocycles. The van der Waals surface area contributed by atoms with Crippen LogP contribution in [0.2, 0.25) is 0 Å². The Morgan fingerprint density at radius 1 is 1.00 bits per heavy atom. The Morgan fingerprint density at radius 2 is 1.67 bits per heavy atom. The van der Waals surface area contributed by atoms with Crippen molar-refractivity contribution in [2.24, 2.45) is 5.73 Å². The molecule has 1 aliphatic rings. The molecule has 0 aromatic carbocycles. The van der Waals surface area contributed by atoms with E-state index in [1.807, 2.05) is 0 Å². The van der Waals surface area contributed by atoms with Crippen LogP contribution in [0.15, 0.2) is 0 Å². The lowest BCUT2D eigenvalue weighted by Gasteiger charge is -2.34. The van der Waals surface area contributed by atoms with Gasteiger partial charge in [-0.25, -0.2) is 0 Å². The van der Waals surface area contributed by atoms with Gasteiger partial charge < -0.3 is 10.6 Å². The first-order chi connectivity index (χ1) is 10.3. The first-order valence-corrected chi connectivity index (χ1v) is 9.29. The molecule has 0 unspecified atom stereocenters. The van der Waals surface area contributed by atoms with Crippen LogP contribution in [0.4, 0.5) is 0 Å². The van der Waals surface area contributed by atoms with Crippen molar-refractivity contribution in [3.63, 3.8) is 0 Å². The minimum atomic E-state index is 0.380. The highest BCUT2D eigenvalue weighted by Gasteiger charge is 2.24. The van der Waals surface area contributed by atoms with Gasteiger partial charge in [0.05, 0.1) is 0 Å². The van der Waals surface area contributed by atoms with Gasteiger partial charge in [0.2, 0.25) is 5.91 Å². The molecule has 1 fully saturated rings. The molecule has 3 nitrogen and oxygen atoms in total. The van der Waals surface area contributed by atoms with E-state index in [0.29, 0.717) is 18.5 Å². The van der Waals surface area contributed by atoms with Gasteiger partial charge in [0.15, 0.2) is 0 Å². The first kappa shape index (κ1) is 18.5. The van der Waals surface area contributed by atoms with Gasteiger partial charge in [0.25, 0.3) is 0 Å². The third-order valence-electron chi connectivity index (χ3n) is 4.68. The Bertz CT molecular complexity index is 262. The molecular weight excluding hydrogens is 260 g/mol. The average Bonchev–Trinajstić information content (AvgIpc) is 2.52. The summed E-state index contributed by atoms with van der Waals surface area (Å²) in [6.07, 6.45) is 15.5. The summed E-state index contributed by atoms with van der Waals surface area (Å²) >= 11 is 0. The van der Waals surface area contributed by atoms with Crippen LogP contribution < -0.4 is 5.73 Å². The predicted molar refractivity (Wildman–Crippen MR) is 90.3 cm³/mol. The van der Waals surface area contributed by atoms with Crippen molar-refractivity contribution in [2.75, 3.05) is 13.1 Å². The maximum absolute atomic E-state index is 12.5. The first-order valence-electron chi connectivity index (χ1n) is 9.29. The van der Waals surface area contributed by atoms with E-state index in [9.17, 15) is 4.79 Å². The summed E-state index contributed by atoms with van der Waals surface area (Å²) in [5.41, 5.74) is 5.64. The third kappa shape index (κ3) is 7.85. The van der Waals surface area contributed by atoms with Crippen molar-refractivity contribution in [1.29, 1.82) is 0 Å². The molecule has 1 rings (SSSR count). The summed E-state index contributed by atoms with van der Waals surface area (Å²) in [6.45, 7) is 3.80. The van der Waals surface area contributed by atoms with Crippen molar-refractivity contribution in [3.8, 4) is 0 Å². The van der Waals surface area contributed by atoms with Crippen LogP contribution >= 0.6 is 0 Å². The van der Waals surface area contributed by atoms with Crippen molar-refractivity contribution in [1.82, 2.24) is 4.90 Å². The molecule has 0 aromatic heterocycles. The topological polar surface area (TPSA) is 46.3 Å². The molecule has 1 saturated carbocycles. The standard InChI is InChI=1S/C18H36N2O/c1-2-3-4-5-6-10-14-18(21)20(16-11-15-19)17-12-8-7-9-13-17/h17H,2-16,19H2,1H3. The number of nitrogens with zero attached hydrogens (tertiary/aromatic N) is 1. The van der Waals surface area contributed by atoms with Gasteiger partial charge in [-0.2, -0.15) is 0 Å². The number of hydrogen-bond donors (Lipinski definition) is 1. The zero-order chi connectivity index (χ0) is 15.3. The molecule has 0 heterocycles. The average molecular weight is 296 g/mol. The number of hydrogen-bond acceptors (Lipinski definition) is 2. The molecule has 21 heavy (non-hydrogen) atoms. The smallest absolute Gasteiger partial charge is 0.222 e. The van der Waals surface area contributed by atoms with E-state index in [4.69, 9.17) is 5.73 Å². The fourth-order valence-corrected chi connectivity index (χ4v) is 3.37. The SMILES string of the molecule is CCCCCCCCC(=O)N(CCCN)C1CCCCC1. The molecule has 0 radical (unpaired) electrons. The van der Waals surface area contributed by atoms with Gasteiger partial charge in [-0.3, -0.25) is 4.79 Å². The number of rotatable bonds is 11. The lowest BCUT2D eigenvalue weighted by molar-refractivity contribution is -0.134. The van der Waals surface area contributed by atoms with Crippen LogP contribution in [0, 0.1) is 0 Å². The number of carbonyl (C=O) groups is 1. The fourth-order valence-electron chi connectivity index (χ4n) is 3.37. The molecule has 0 aliphatic heterocycles. The molecule has 2 N–H and O–H groups in total. The summed E-state index contributed by atoms with van der Waals surface area (Å²) in [4.78, 5) is 14.7. The molecule has 3 heteroatoms. The second kappa shape index (κ2) is 12.0. The van der Waals surface area contributed by atoms with E-state index in [2.05, 4.69) is 11.8 Å². The van der Waals surface area contributed by atoms with Gasteiger partial charge in [0.1, 0.15) is 0 Å². The fraction of sp³-hybridized carbons (Fsp3) is 0.944. The summed E-state index contributed by atoms with van der Waals surface area (Å²) < 4.78 is 0. The second-order valence-electron chi connectivity index (χ2n) is 6.54. The Hall–Kier alpha value is -0.570. The number of unbranched alkanes of at least 4 members (excludes halogenated alkanes) is 5. The van der Waals surface area contributed by atoms with Crippen LogP contribution in [0.25, 0.3) is 0 Å². The van der Waals surface area contributed by atoms with E-state index >= 15 is 0 Å². The van der Waals surface area contributed by atoms with E-state index < -0.39 is 0 Å². The summed E-state index contributed by atoms with van der Waals surface area (Å²) in [5, 5.41) is 0. The van der Waals surface area contributed by atoms with Crippen molar-refractivity contribution < 1.29 is 4.79 Å². The van der Waals surface area contributed by atoms with Gasteiger partial charge in [-0.1, -0.05) is 58.3 Å². The third-order valence-corrected chi connectivity index (χ3v) is 4.68. The molecule has 124 valence electrons. The Morgan fingerprint density at radius 3 is 2.33 bits per heavy atom. The summed E-state index contributed by atoms with van der Waals surface area (Å²) in [5.74, 6) is 0.380. The highest BCUT2D eigenvalue weighted by atomic mass is 16.2. The van der Waals surface area contributed by atoms with Gasteiger partial charge in [-0.05, 0) is 32.2 Å². The van der Waals surface area contributed by atoms with Gasteiger partial charge in [-0.15, -0.1) is 0 Å². The normalized spacial score (nSPS) is 16.1. The lowest BCUT2D eigenvalue weighted by atomic mass is 9.93. The van der Waals surface area contributed by atoms with Crippen LogP contribution in [0.3, 0.4) is 0 Å². The minimum Gasteiger partial charge on any atom is -0.340 e. The minimum absolute atomic E-state index is 0.380. The molecule has 1 amide bonds. The van der Waals surface area contributed by atoms with Crippen molar-refractivity contribution >= 4 is 5.91 Å². The summed E-state index contributed by atoms with van der Waals surface area (Å²) in [6, 6.07) is 0.498. The number of amides is 1.